The Labute approximate surface area is 172 Å². The quantitative estimate of drug-likeness (QED) is 0.208. The second-order valence-corrected chi connectivity index (χ2v) is 6.59. The number of aryl methyl sites for hydroxylation is 1. The first-order chi connectivity index (χ1) is 13.6. The van der Waals surface area contributed by atoms with Crippen molar-refractivity contribution in [3.05, 3.63) is 71.8 Å². The van der Waals surface area contributed by atoms with Crippen molar-refractivity contribution in [2.45, 2.75) is 20.3 Å². The van der Waals surface area contributed by atoms with E-state index in [0.717, 1.165) is 23.5 Å². The molecular formula is C22H27N3O2S. The van der Waals surface area contributed by atoms with Crippen molar-refractivity contribution < 1.29 is 9.47 Å². The number of thiocarbonyl (C=S) groups is 1. The SMILES string of the molecule is C=CCNC(=S)NN=Cc1ccc(OCCCOc2cccc(C)c2C)cc1. The highest BCUT2D eigenvalue weighted by Gasteiger charge is 2.01. The molecule has 6 heteroatoms. The van der Waals surface area contributed by atoms with Crippen molar-refractivity contribution in [2.24, 2.45) is 5.10 Å². The molecule has 2 aromatic carbocycles. The summed E-state index contributed by atoms with van der Waals surface area (Å²) < 4.78 is 11.6. The molecule has 2 rings (SSSR count). The normalized spacial score (nSPS) is 10.5. The zero-order valence-corrected chi connectivity index (χ0v) is 17.2. The van der Waals surface area contributed by atoms with E-state index < -0.39 is 0 Å². The Morgan fingerprint density at radius 2 is 1.86 bits per heavy atom. The molecule has 0 atom stereocenters. The molecule has 0 amide bonds. The molecule has 0 bridgehead atoms. The van der Waals surface area contributed by atoms with Crippen LogP contribution in [0.5, 0.6) is 11.5 Å². The molecular weight excluding hydrogens is 370 g/mol. The molecule has 0 spiro atoms. The topological polar surface area (TPSA) is 54.9 Å². The van der Waals surface area contributed by atoms with Crippen LogP contribution in [-0.4, -0.2) is 31.1 Å². The van der Waals surface area contributed by atoms with E-state index in [-0.39, 0.29) is 0 Å². The maximum atomic E-state index is 5.84. The van der Waals surface area contributed by atoms with Gasteiger partial charge in [0, 0.05) is 13.0 Å². The Balaban J connectivity index is 1.67. The van der Waals surface area contributed by atoms with E-state index >= 15 is 0 Å². The molecule has 0 fully saturated rings. The van der Waals surface area contributed by atoms with Crippen LogP contribution >= 0.6 is 12.2 Å². The molecule has 0 aromatic heterocycles. The third kappa shape index (κ3) is 7.40. The fraction of sp³-hybridized carbons (Fsp3) is 0.273. The number of benzene rings is 2. The van der Waals surface area contributed by atoms with E-state index in [9.17, 15) is 0 Å². The predicted octanol–water partition coefficient (Wildman–Crippen LogP) is 4.14. The van der Waals surface area contributed by atoms with Crippen molar-refractivity contribution >= 4 is 23.5 Å². The van der Waals surface area contributed by atoms with Gasteiger partial charge in [-0.25, -0.2) is 0 Å². The number of nitrogens with one attached hydrogen (secondary N) is 2. The lowest BCUT2D eigenvalue weighted by molar-refractivity contribution is 0.246. The van der Waals surface area contributed by atoms with E-state index in [0.29, 0.717) is 24.9 Å². The number of nitrogens with zero attached hydrogens (tertiary/aromatic N) is 1. The highest BCUT2D eigenvalue weighted by molar-refractivity contribution is 7.80. The molecule has 2 N–H and O–H groups in total. The van der Waals surface area contributed by atoms with Crippen molar-refractivity contribution in [2.75, 3.05) is 19.8 Å². The lowest BCUT2D eigenvalue weighted by atomic mass is 10.1. The first kappa shape index (κ1) is 21.4. The number of hydrogen-bond acceptors (Lipinski definition) is 4. The van der Waals surface area contributed by atoms with Gasteiger partial charge in [-0.2, -0.15) is 5.10 Å². The van der Waals surface area contributed by atoms with Crippen LogP contribution in [0, 0.1) is 13.8 Å². The van der Waals surface area contributed by atoms with Crippen LogP contribution < -0.4 is 20.2 Å². The molecule has 28 heavy (non-hydrogen) atoms. The number of ether oxygens (including phenoxy) is 2. The van der Waals surface area contributed by atoms with Crippen LogP contribution in [0.4, 0.5) is 0 Å². The van der Waals surface area contributed by atoms with E-state index in [4.69, 9.17) is 21.7 Å². The van der Waals surface area contributed by atoms with E-state index in [1.54, 1.807) is 12.3 Å². The van der Waals surface area contributed by atoms with Gasteiger partial charge in [-0.1, -0.05) is 18.2 Å². The van der Waals surface area contributed by atoms with Crippen molar-refractivity contribution in [3.8, 4) is 11.5 Å². The van der Waals surface area contributed by atoms with Gasteiger partial charge in [-0.3, -0.25) is 5.43 Å². The number of hydrazone groups is 1. The Hall–Kier alpha value is -2.86. The van der Waals surface area contributed by atoms with Gasteiger partial charge in [0.05, 0.1) is 19.4 Å². The predicted molar refractivity (Wildman–Crippen MR) is 119 cm³/mol. The van der Waals surface area contributed by atoms with Crippen LogP contribution in [0.2, 0.25) is 0 Å². The smallest absolute Gasteiger partial charge is 0.187 e. The van der Waals surface area contributed by atoms with Crippen LogP contribution in [0.3, 0.4) is 0 Å². The summed E-state index contributed by atoms with van der Waals surface area (Å²) in [6.07, 6.45) is 4.24. The summed E-state index contributed by atoms with van der Waals surface area (Å²) in [7, 11) is 0. The molecule has 5 nitrogen and oxygen atoms in total. The van der Waals surface area contributed by atoms with Crippen molar-refractivity contribution in [1.29, 1.82) is 0 Å². The third-order valence-corrected chi connectivity index (χ3v) is 4.27. The lowest BCUT2D eigenvalue weighted by Crippen LogP contribution is -2.31. The minimum absolute atomic E-state index is 0.458. The summed E-state index contributed by atoms with van der Waals surface area (Å²) >= 11 is 5.06. The van der Waals surface area contributed by atoms with Gasteiger partial charge in [0.1, 0.15) is 11.5 Å². The van der Waals surface area contributed by atoms with Gasteiger partial charge in [-0.15, -0.1) is 6.58 Å². The molecule has 0 saturated carbocycles. The maximum Gasteiger partial charge on any atom is 0.187 e. The lowest BCUT2D eigenvalue weighted by Gasteiger charge is -2.11. The fourth-order valence-corrected chi connectivity index (χ4v) is 2.47. The van der Waals surface area contributed by atoms with E-state index in [2.05, 4.69) is 42.3 Å². The summed E-state index contributed by atoms with van der Waals surface area (Å²) in [5.41, 5.74) is 6.12. The number of hydrogen-bond donors (Lipinski definition) is 2. The Morgan fingerprint density at radius 1 is 1.11 bits per heavy atom. The zero-order valence-electron chi connectivity index (χ0n) is 16.4. The molecule has 2 aromatic rings. The average Bonchev–Trinajstić information content (AvgIpc) is 2.70. The highest BCUT2D eigenvalue weighted by Crippen LogP contribution is 2.20. The third-order valence-electron chi connectivity index (χ3n) is 4.04. The van der Waals surface area contributed by atoms with Gasteiger partial charge in [0.25, 0.3) is 0 Å². The molecule has 148 valence electrons. The minimum Gasteiger partial charge on any atom is -0.493 e. The number of rotatable bonds is 10. The largest absolute Gasteiger partial charge is 0.493 e. The van der Waals surface area contributed by atoms with Crippen LogP contribution in [0.15, 0.2) is 60.2 Å². The van der Waals surface area contributed by atoms with Crippen molar-refractivity contribution in [1.82, 2.24) is 10.7 Å². The van der Waals surface area contributed by atoms with E-state index in [1.807, 2.05) is 36.4 Å². The summed E-state index contributed by atoms with van der Waals surface area (Å²) in [6.45, 7) is 9.60. The maximum absolute atomic E-state index is 5.84. The average molecular weight is 398 g/mol. The summed E-state index contributed by atoms with van der Waals surface area (Å²) in [5, 5.41) is 7.48. The summed E-state index contributed by atoms with van der Waals surface area (Å²) in [5.74, 6) is 1.76. The molecule has 0 aliphatic rings. The highest BCUT2D eigenvalue weighted by atomic mass is 32.1. The second kappa shape index (κ2) is 11.8. The molecule has 0 aliphatic heterocycles. The fourth-order valence-electron chi connectivity index (χ4n) is 2.33. The first-order valence-corrected chi connectivity index (χ1v) is 9.60. The molecule has 0 saturated heterocycles. The summed E-state index contributed by atoms with van der Waals surface area (Å²) in [4.78, 5) is 0. The van der Waals surface area contributed by atoms with E-state index in [1.165, 1.54) is 11.1 Å². The molecule has 0 aliphatic carbocycles. The van der Waals surface area contributed by atoms with Gasteiger partial charge in [-0.05, 0) is 73.1 Å². The Bertz CT molecular complexity index is 804. The van der Waals surface area contributed by atoms with Gasteiger partial charge >= 0.3 is 0 Å². The Kier molecular flexibility index (Phi) is 9.01. The molecule has 0 radical (unpaired) electrons. The summed E-state index contributed by atoms with van der Waals surface area (Å²) in [6, 6.07) is 13.8. The standard InChI is InChI=1S/C22H27N3O2S/c1-4-13-23-22(28)25-24-16-19-9-11-20(12-10-19)26-14-6-15-27-21-8-5-7-17(2)18(21)3/h4-5,7-12,16H,1,6,13-15H2,2-3H3,(H2,23,25,28). The molecule has 0 heterocycles. The van der Waals surface area contributed by atoms with Crippen molar-refractivity contribution in [3.63, 3.8) is 0 Å². The zero-order chi connectivity index (χ0) is 20.2. The van der Waals surface area contributed by atoms with Gasteiger partial charge in [0.15, 0.2) is 5.11 Å². The van der Waals surface area contributed by atoms with Crippen LogP contribution in [0.25, 0.3) is 0 Å². The Morgan fingerprint density at radius 3 is 2.61 bits per heavy atom. The molecule has 0 unspecified atom stereocenters. The van der Waals surface area contributed by atoms with Crippen LogP contribution in [-0.2, 0) is 0 Å². The monoisotopic (exact) mass is 397 g/mol. The van der Waals surface area contributed by atoms with Crippen LogP contribution in [0.1, 0.15) is 23.1 Å². The first-order valence-electron chi connectivity index (χ1n) is 9.20. The second-order valence-electron chi connectivity index (χ2n) is 6.19. The van der Waals surface area contributed by atoms with Gasteiger partial charge < -0.3 is 14.8 Å². The minimum atomic E-state index is 0.458. The van der Waals surface area contributed by atoms with Gasteiger partial charge in [0.2, 0.25) is 0 Å².